The van der Waals surface area contributed by atoms with Gasteiger partial charge in [-0.2, -0.15) is 8.42 Å². The molecule has 1 unspecified atom stereocenters. The molecule has 1 aromatic carbocycles. The normalized spacial score (nSPS) is 11.9. The number of rotatable bonds is 4. The van der Waals surface area contributed by atoms with Gasteiger partial charge < -0.3 is 11.1 Å². The van der Waals surface area contributed by atoms with Gasteiger partial charge in [0.15, 0.2) is 5.37 Å². The summed E-state index contributed by atoms with van der Waals surface area (Å²) in [5.74, 6) is 0. The molecule has 19 heavy (non-hydrogen) atoms. The van der Waals surface area contributed by atoms with E-state index in [9.17, 15) is 13.2 Å². The van der Waals surface area contributed by atoms with Gasteiger partial charge in [-0.1, -0.05) is 49.2 Å². The minimum atomic E-state index is -4.23. The van der Waals surface area contributed by atoms with Crippen LogP contribution in [-0.2, 0) is 10.1 Å². The van der Waals surface area contributed by atoms with Gasteiger partial charge in [-0.25, -0.2) is 4.79 Å². The highest BCUT2D eigenvalue weighted by Crippen LogP contribution is 2.02. The molecule has 0 aromatic heterocycles. The summed E-state index contributed by atoms with van der Waals surface area (Å²) in [6, 6.07) is 9.29. The van der Waals surface area contributed by atoms with E-state index in [2.05, 4.69) is 19.1 Å². The number of amides is 2. The molecule has 1 aromatic rings. The lowest BCUT2D eigenvalue weighted by Crippen LogP contribution is -2.43. The molecule has 0 heterocycles. The van der Waals surface area contributed by atoms with Crippen molar-refractivity contribution in [1.82, 2.24) is 5.32 Å². The van der Waals surface area contributed by atoms with Crippen molar-refractivity contribution in [1.29, 1.82) is 0 Å². The van der Waals surface area contributed by atoms with Crippen molar-refractivity contribution in [3.8, 4) is 0 Å². The van der Waals surface area contributed by atoms with E-state index in [1.165, 1.54) is 5.56 Å². The monoisotopic (exact) mass is 288 g/mol. The van der Waals surface area contributed by atoms with E-state index in [-0.39, 0.29) is 6.42 Å². The number of carbonyl (C=O) groups excluding carboxylic acids is 1. The van der Waals surface area contributed by atoms with Gasteiger partial charge in [-0.15, -0.1) is 0 Å². The Morgan fingerprint density at radius 1 is 1.37 bits per heavy atom. The quantitative estimate of drug-likeness (QED) is 0.732. The summed E-state index contributed by atoms with van der Waals surface area (Å²) in [6.07, 6.45) is 0.659. The van der Waals surface area contributed by atoms with Crippen molar-refractivity contribution in [2.75, 3.05) is 0 Å². The molecule has 108 valence electrons. The fourth-order valence-corrected chi connectivity index (χ4v) is 2.05. The molecule has 0 bridgehead atoms. The molecule has 7 heteroatoms. The van der Waals surface area contributed by atoms with Crippen LogP contribution in [0.3, 0.4) is 0 Å². The molecule has 0 spiro atoms. The number of carbonyl (C=O) groups is 1. The molecule has 4 N–H and O–H groups in total. The molecule has 0 saturated heterocycles. The number of primary amides is 1. The Kier molecular flexibility index (Phi) is 7.78. The third-order valence-electron chi connectivity index (χ3n) is 2.15. The summed E-state index contributed by atoms with van der Waals surface area (Å²) in [7, 11) is -4.23. The fourth-order valence-electron chi connectivity index (χ4n) is 1.25. The molecule has 1 atom stereocenters. The Hall–Kier alpha value is -1.60. The number of nitrogens with one attached hydrogen (secondary N) is 1. The van der Waals surface area contributed by atoms with Crippen molar-refractivity contribution < 1.29 is 17.8 Å². The van der Waals surface area contributed by atoms with E-state index in [1.54, 1.807) is 6.92 Å². The molecule has 0 fully saturated rings. The second-order valence-corrected chi connectivity index (χ2v) is 5.55. The van der Waals surface area contributed by atoms with E-state index in [1.807, 2.05) is 23.5 Å². The highest BCUT2D eigenvalue weighted by Gasteiger charge is 2.22. The number of urea groups is 1. The van der Waals surface area contributed by atoms with Crippen LogP contribution >= 0.6 is 0 Å². The summed E-state index contributed by atoms with van der Waals surface area (Å²) >= 11 is 0. The minimum Gasteiger partial charge on any atom is -0.352 e. The summed E-state index contributed by atoms with van der Waals surface area (Å²) in [5.41, 5.74) is 6.02. The average Bonchev–Trinajstić information content (AvgIpc) is 2.28. The van der Waals surface area contributed by atoms with E-state index in [4.69, 9.17) is 10.3 Å². The second kappa shape index (κ2) is 8.49. The number of aryl methyl sites for hydroxylation is 1. The maximum atomic E-state index is 10.5. The third-order valence-corrected chi connectivity index (χ3v) is 3.23. The lowest BCUT2D eigenvalue weighted by molar-refractivity contribution is 0.246. The maximum Gasteiger partial charge on any atom is 0.313 e. The Balaban J connectivity index is 0.000000388. The topological polar surface area (TPSA) is 109 Å². The van der Waals surface area contributed by atoms with Gasteiger partial charge in [0.1, 0.15) is 0 Å². The zero-order valence-corrected chi connectivity index (χ0v) is 11.9. The van der Waals surface area contributed by atoms with Gasteiger partial charge in [0.05, 0.1) is 0 Å². The van der Waals surface area contributed by atoms with Crippen LogP contribution in [0.25, 0.3) is 0 Å². The molecule has 2 amide bonds. The summed E-state index contributed by atoms with van der Waals surface area (Å²) in [6.45, 7) is 3.81. The second-order valence-electron chi connectivity index (χ2n) is 3.96. The molecule has 6 nitrogen and oxygen atoms in total. The molecule has 0 aliphatic rings. The van der Waals surface area contributed by atoms with Gasteiger partial charge in [0, 0.05) is 0 Å². The van der Waals surface area contributed by atoms with Crippen LogP contribution in [-0.4, -0.2) is 24.4 Å². The van der Waals surface area contributed by atoms with Crippen molar-refractivity contribution in [2.45, 2.75) is 32.1 Å². The van der Waals surface area contributed by atoms with Crippen molar-refractivity contribution in [3.05, 3.63) is 35.9 Å². The average molecular weight is 288 g/mol. The molecule has 0 saturated carbocycles. The molecule has 0 aliphatic heterocycles. The lowest BCUT2D eigenvalue weighted by Gasteiger charge is -2.12. The smallest absolute Gasteiger partial charge is 0.313 e. The van der Waals surface area contributed by atoms with Crippen molar-refractivity contribution in [3.63, 3.8) is 0 Å². The third kappa shape index (κ3) is 9.04. The van der Waals surface area contributed by atoms with Gasteiger partial charge in [-0.3, -0.25) is 4.55 Å². The van der Waals surface area contributed by atoms with Gasteiger partial charge in [-0.05, 0) is 13.3 Å². The van der Waals surface area contributed by atoms with Crippen LogP contribution < -0.4 is 11.1 Å². The van der Waals surface area contributed by atoms with Gasteiger partial charge in [0.2, 0.25) is 0 Å². The number of hydrogen-bond acceptors (Lipinski definition) is 3. The van der Waals surface area contributed by atoms with Crippen LogP contribution in [0.5, 0.6) is 0 Å². The Morgan fingerprint density at radius 3 is 2.16 bits per heavy atom. The van der Waals surface area contributed by atoms with Gasteiger partial charge >= 0.3 is 6.03 Å². The van der Waals surface area contributed by atoms with Crippen molar-refractivity contribution in [2.24, 2.45) is 5.73 Å². The standard InChI is InChI=1S/C7H8.C5H12N2O4S/c1-7-5-3-2-4-6-7;1-2-3-4(7-5(6)8)12(9,10)11/h2-6H,1H3;4H,2-3H2,1H3,(H3,6,7,8)(H,9,10,11). The number of nitrogens with two attached hydrogens (primary N) is 1. The highest BCUT2D eigenvalue weighted by atomic mass is 32.2. The highest BCUT2D eigenvalue weighted by molar-refractivity contribution is 7.86. The predicted molar refractivity (Wildman–Crippen MR) is 74.1 cm³/mol. The van der Waals surface area contributed by atoms with E-state index in [0.717, 1.165) is 0 Å². The maximum absolute atomic E-state index is 10.5. The zero-order chi connectivity index (χ0) is 14.9. The SMILES string of the molecule is CCCC(NC(N)=O)S(=O)(=O)O.Cc1ccccc1. The summed E-state index contributed by atoms with van der Waals surface area (Å²) < 4.78 is 29.6. The molecule has 1 rings (SSSR count). The van der Waals surface area contributed by atoms with Crippen LogP contribution in [0.4, 0.5) is 4.79 Å². The van der Waals surface area contributed by atoms with Crippen LogP contribution in [0.2, 0.25) is 0 Å². The Morgan fingerprint density at radius 2 is 1.89 bits per heavy atom. The fraction of sp³-hybridized carbons (Fsp3) is 0.417. The van der Waals surface area contributed by atoms with E-state index >= 15 is 0 Å². The lowest BCUT2D eigenvalue weighted by atomic mass is 10.2. The zero-order valence-electron chi connectivity index (χ0n) is 11.0. The summed E-state index contributed by atoms with van der Waals surface area (Å²) in [5, 5.41) is 0.630. The largest absolute Gasteiger partial charge is 0.352 e. The molecule has 0 aliphatic carbocycles. The first-order valence-corrected chi connectivity index (χ1v) is 7.31. The first kappa shape index (κ1) is 17.4. The van der Waals surface area contributed by atoms with E-state index < -0.39 is 21.5 Å². The van der Waals surface area contributed by atoms with Crippen molar-refractivity contribution >= 4 is 16.1 Å². The van der Waals surface area contributed by atoms with Crippen LogP contribution in [0.1, 0.15) is 25.3 Å². The van der Waals surface area contributed by atoms with Crippen LogP contribution in [0, 0.1) is 6.92 Å². The van der Waals surface area contributed by atoms with E-state index in [0.29, 0.717) is 6.42 Å². The Labute approximate surface area is 113 Å². The minimum absolute atomic E-state index is 0.141. The van der Waals surface area contributed by atoms with Gasteiger partial charge in [0.25, 0.3) is 10.1 Å². The number of hydrogen-bond donors (Lipinski definition) is 3. The molecule has 0 radical (unpaired) electrons. The number of benzene rings is 1. The predicted octanol–water partition coefficient (Wildman–Crippen LogP) is 1.66. The molecular weight excluding hydrogens is 268 g/mol. The molecular formula is C12H20N2O4S. The Bertz CT molecular complexity index is 474. The summed E-state index contributed by atoms with van der Waals surface area (Å²) in [4.78, 5) is 10.3. The first-order valence-electron chi connectivity index (χ1n) is 5.81. The first-order chi connectivity index (χ1) is 8.77. The van der Waals surface area contributed by atoms with Crippen LogP contribution in [0.15, 0.2) is 30.3 Å².